The normalized spacial score (nSPS) is 11.7. The van der Waals surface area contributed by atoms with Crippen molar-refractivity contribution >= 4 is 57.2 Å². The van der Waals surface area contributed by atoms with Crippen molar-refractivity contribution in [2.75, 3.05) is 5.43 Å². The molecule has 0 aliphatic rings. The topological polar surface area (TPSA) is 46.5 Å². The molecule has 4 nitrogen and oxygen atoms in total. The Morgan fingerprint density at radius 1 is 1.07 bits per heavy atom. The van der Waals surface area contributed by atoms with Crippen LogP contribution in [0.5, 0.6) is 5.75 Å². The highest BCUT2D eigenvalue weighted by Crippen LogP contribution is 2.30. The molecule has 10 heteroatoms. The van der Waals surface area contributed by atoms with E-state index in [2.05, 4.69) is 60.7 Å². The summed E-state index contributed by atoms with van der Waals surface area (Å²) in [7, 11) is 0. The Balaban J connectivity index is 1.64. The molecule has 1 heterocycles. The van der Waals surface area contributed by atoms with E-state index in [1.165, 1.54) is 24.4 Å². The number of rotatable bonds is 6. The maximum absolute atomic E-state index is 13.3. The van der Waals surface area contributed by atoms with Crippen LogP contribution in [0, 0.1) is 13.0 Å². The van der Waals surface area contributed by atoms with Crippen LogP contribution in [0.1, 0.15) is 16.7 Å². The van der Waals surface area contributed by atoms with Crippen molar-refractivity contribution in [3.63, 3.8) is 0 Å². The van der Waals surface area contributed by atoms with Crippen molar-refractivity contribution in [1.29, 1.82) is 0 Å². The van der Waals surface area contributed by atoms with Crippen molar-refractivity contribution in [3.05, 3.63) is 84.4 Å². The third-order valence-electron chi connectivity index (χ3n) is 3.78. The van der Waals surface area contributed by atoms with Gasteiger partial charge in [-0.15, -0.1) is 0 Å². The second-order valence-corrected chi connectivity index (χ2v) is 8.36. The van der Waals surface area contributed by atoms with Gasteiger partial charge in [-0.2, -0.15) is 18.3 Å². The summed E-state index contributed by atoms with van der Waals surface area (Å²) in [4.78, 5) is 3.69. The summed E-state index contributed by atoms with van der Waals surface area (Å²) in [6.45, 7) is 0.234. The molecular formula is C20H13F4I2N3O. The van der Waals surface area contributed by atoms with Crippen LogP contribution in [-0.2, 0) is 12.8 Å². The average molecular weight is 641 g/mol. The summed E-state index contributed by atoms with van der Waals surface area (Å²) in [5.74, 6) is 0.552. The minimum absolute atomic E-state index is 0.193. The maximum atomic E-state index is 13.3. The van der Waals surface area contributed by atoms with Crippen molar-refractivity contribution in [3.8, 4) is 5.75 Å². The Kier molecular flexibility index (Phi) is 7.50. The summed E-state index contributed by atoms with van der Waals surface area (Å²) in [5, 5.41) is 4.01. The molecule has 0 fully saturated rings. The van der Waals surface area contributed by atoms with Gasteiger partial charge in [0.05, 0.1) is 18.9 Å². The molecule has 0 bridgehead atoms. The van der Waals surface area contributed by atoms with E-state index in [0.717, 1.165) is 30.5 Å². The quantitative estimate of drug-likeness (QED) is 0.145. The number of nitrogens with one attached hydrogen (secondary N) is 1. The Morgan fingerprint density at radius 3 is 2.40 bits per heavy atom. The molecule has 0 atom stereocenters. The van der Waals surface area contributed by atoms with Gasteiger partial charge in [0.15, 0.2) is 0 Å². The molecule has 0 amide bonds. The fourth-order valence-corrected chi connectivity index (χ4v) is 4.50. The number of anilines is 1. The van der Waals surface area contributed by atoms with Crippen LogP contribution in [0.3, 0.4) is 0 Å². The molecule has 3 aromatic rings. The van der Waals surface area contributed by atoms with E-state index >= 15 is 0 Å². The van der Waals surface area contributed by atoms with Gasteiger partial charge < -0.3 is 4.74 Å². The van der Waals surface area contributed by atoms with Crippen molar-refractivity contribution < 1.29 is 22.3 Å². The number of nitrogens with zero attached hydrogens (tertiary/aromatic N) is 2. The molecule has 1 N–H and O–H groups in total. The fraction of sp³-hybridized carbons (Fsp3) is 0.100. The third-order valence-corrected chi connectivity index (χ3v) is 5.38. The van der Waals surface area contributed by atoms with Crippen LogP contribution >= 0.6 is 45.2 Å². The van der Waals surface area contributed by atoms with E-state index in [0.29, 0.717) is 5.75 Å². The number of hydrogen-bond donors (Lipinski definition) is 1. The first-order valence-electron chi connectivity index (χ1n) is 8.41. The number of aromatic nitrogens is 1. The van der Waals surface area contributed by atoms with Gasteiger partial charge in [0.25, 0.3) is 0 Å². The van der Waals surface area contributed by atoms with Gasteiger partial charge in [-0.25, -0.2) is 9.37 Å². The Morgan fingerprint density at radius 2 is 1.80 bits per heavy atom. The average Bonchev–Trinajstić information content (AvgIpc) is 2.67. The largest absolute Gasteiger partial charge is 0.487 e. The molecule has 1 aromatic heterocycles. The lowest BCUT2D eigenvalue weighted by molar-refractivity contribution is -0.137. The van der Waals surface area contributed by atoms with Crippen molar-refractivity contribution in [2.45, 2.75) is 12.8 Å². The number of benzene rings is 2. The standard InChI is InChI=1S/C20H13F4I2N3O/c21-15-3-1-2-12(6-15)11-30-19-16(25)7-13(8-17(19)26)9-28-29-18-5-4-14(10-27-18)20(22,23)24/h1-10H,11H2,(H,27,29)/b28-9-. The number of halogens is 6. The zero-order valence-corrected chi connectivity index (χ0v) is 19.4. The number of pyridine rings is 1. The summed E-state index contributed by atoms with van der Waals surface area (Å²) in [6, 6.07) is 12.0. The van der Waals surface area contributed by atoms with Crippen LogP contribution in [0.25, 0.3) is 0 Å². The summed E-state index contributed by atoms with van der Waals surface area (Å²) in [5.41, 5.74) is 3.26. The summed E-state index contributed by atoms with van der Waals surface area (Å²) in [6.07, 6.45) is -2.16. The van der Waals surface area contributed by atoms with E-state index in [4.69, 9.17) is 4.74 Å². The summed E-state index contributed by atoms with van der Waals surface area (Å²) >= 11 is 4.26. The lowest BCUT2D eigenvalue weighted by atomic mass is 10.2. The van der Waals surface area contributed by atoms with Crippen LogP contribution < -0.4 is 10.2 Å². The first-order valence-corrected chi connectivity index (χ1v) is 10.6. The van der Waals surface area contributed by atoms with Crippen LogP contribution in [0.2, 0.25) is 0 Å². The predicted molar refractivity (Wildman–Crippen MR) is 123 cm³/mol. The molecule has 2 aromatic carbocycles. The molecule has 0 unspecified atom stereocenters. The molecular weight excluding hydrogens is 628 g/mol. The maximum Gasteiger partial charge on any atom is 0.417 e. The molecule has 0 aliphatic heterocycles. The van der Waals surface area contributed by atoms with Gasteiger partial charge in [-0.3, -0.25) is 5.43 Å². The molecule has 3 rings (SSSR count). The lowest BCUT2D eigenvalue weighted by Gasteiger charge is -2.11. The van der Waals surface area contributed by atoms with E-state index < -0.39 is 11.7 Å². The van der Waals surface area contributed by atoms with Gasteiger partial charge in [0, 0.05) is 6.20 Å². The molecule has 0 saturated carbocycles. The smallest absolute Gasteiger partial charge is 0.417 e. The molecule has 0 radical (unpaired) electrons. The first-order chi connectivity index (χ1) is 14.2. The van der Waals surface area contributed by atoms with Crippen molar-refractivity contribution in [1.82, 2.24) is 4.98 Å². The zero-order chi connectivity index (χ0) is 21.7. The fourth-order valence-electron chi connectivity index (χ4n) is 2.37. The molecule has 0 aliphatic carbocycles. The Labute approximate surface area is 197 Å². The molecule has 0 saturated heterocycles. The van der Waals surface area contributed by atoms with E-state index in [-0.39, 0.29) is 18.2 Å². The second kappa shape index (κ2) is 9.90. The lowest BCUT2D eigenvalue weighted by Crippen LogP contribution is -2.05. The monoisotopic (exact) mass is 641 g/mol. The van der Waals surface area contributed by atoms with Gasteiger partial charge in [-0.05, 0) is 92.7 Å². The van der Waals surface area contributed by atoms with Gasteiger partial charge in [0.1, 0.15) is 24.0 Å². The van der Waals surface area contributed by atoms with E-state index in [1.807, 2.05) is 12.1 Å². The van der Waals surface area contributed by atoms with Gasteiger partial charge in [0.2, 0.25) is 0 Å². The zero-order valence-electron chi connectivity index (χ0n) is 15.1. The SMILES string of the molecule is Fc1cccc(COc2c(I)cc(/C=N\Nc3ccc(C(F)(F)F)cn3)cc2I)c1. The number of ether oxygens (including phenoxy) is 1. The first kappa shape index (κ1) is 22.7. The second-order valence-electron chi connectivity index (χ2n) is 6.03. The minimum atomic E-state index is -4.43. The number of hydrazone groups is 1. The molecule has 156 valence electrons. The molecule has 0 spiro atoms. The highest BCUT2D eigenvalue weighted by Gasteiger charge is 2.30. The minimum Gasteiger partial charge on any atom is -0.487 e. The van der Waals surface area contributed by atoms with E-state index in [9.17, 15) is 17.6 Å². The number of hydrogen-bond acceptors (Lipinski definition) is 4. The van der Waals surface area contributed by atoms with E-state index in [1.54, 1.807) is 12.1 Å². The third kappa shape index (κ3) is 6.27. The highest BCUT2D eigenvalue weighted by atomic mass is 127. The van der Waals surface area contributed by atoms with Crippen LogP contribution in [0.15, 0.2) is 59.8 Å². The van der Waals surface area contributed by atoms with Gasteiger partial charge in [-0.1, -0.05) is 12.1 Å². The van der Waals surface area contributed by atoms with Crippen LogP contribution in [-0.4, -0.2) is 11.2 Å². The summed E-state index contributed by atoms with van der Waals surface area (Å²) < 4.78 is 58.4. The Bertz CT molecular complexity index is 1030. The highest BCUT2D eigenvalue weighted by molar-refractivity contribution is 14.1. The van der Waals surface area contributed by atoms with Crippen LogP contribution in [0.4, 0.5) is 23.4 Å². The predicted octanol–water partition coefficient (Wildman–Crippen LogP) is 6.47. The van der Waals surface area contributed by atoms with Gasteiger partial charge >= 0.3 is 6.18 Å². The number of alkyl halides is 3. The Hall–Kier alpha value is -1.96. The molecule has 30 heavy (non-hydrogen) atoms. The van der Waals surface area contributed by atoms with Crippen molar-refractivity contribution in [2.24, 2.45) is 5.10 Å².